The van der Waals surface area contributed by atoms with Gasteiger partial charge in [0, 0.05) is 32.2 Å². The van der Waals surface area contributed by atoms with Gasteiger partial charge in [0.1, 0.15) is 0 Å². The van der Waals surface area contributed by atoms with Crippen LogP contribution in [-0.4, -0.2) is 47.7 Å². The topological polar surface area (TPSA) is 61.7 Å². The molecule has 0 radical (unpaired) electrons. The van der Waals surface area contributed by atoms with Gasteiger partial charge in [-0.15, -0.1) is 0 Å². The average Bonchev–Trinajstić information content (AvgIpc) is 2.27. The molecule has 4 heteroatoms. The van der Waals surface area contributed by atoms with E-state index in [9.17, 15) is 10.2 Å². The third-order valence-electron chi connectivity index (χ3n) is 3.51. The van der Waals surface area contributed by atoms with E-state index in [2.05, 4.69) is 5.32 Å². The molecule has 3 N–H and O–H groups in total. The van der Waals surface area contributed by atoms with E-state index in [0.717, 1.165) is 26.1 Å². The van der Waals surface area contributed by atoms with Gasteiger partial charge in [-0.05, 0) is 25.7 Å². The van der Waals surface area contributed by atoms with E-state index in [1.54, 1.807) is 0 Å². The molecule has 1 aliphatic heterocycles. The van der Waals surface area contributed by atoms with Gasteiger partial charge in [-0.1, -0.05) is 13.8 Å². The molecule has 4 nitrogen and oxygen atoms in total. The Kier molecular flexibility index (Phi) is 5.86. The number of aliphatic hydroxyl groups is 2. The van der Waals surface area contributed by atoms with Gasteiger partial charge in [0.2, 0.25) is 0 Å². The monoisotopic (exact) mass is 245 g/mol. The lowest BCUT2D eigenvalue weighted by atomic mass is 9.79. The summed E-state index contributed by atoms with van der Waals surface area (Å²) in [5.74, 6) is 0.241. The first kappa shape index (κ1) is 14.9. The maximum absolute atomic E-state index is 10.4. The zero-order chi connectivity index (χ0) is 12.9. The van der Waals surface area contributed by atoms with Crippen molar-refractivity contribution in [3.8, 4) is 0 Å². The largest absolute Gasteiger partial charge is 0.392 e. The lowest BCUT2D eigenvalue weighted by Crippen LogP contribution is -2.43. The standard InChI is InChI=1S/C13H27NO3/c1-10(2)14-9-12(15)8-13(3,16)11-4-6-17-7-5-11/h10-12,14-16H,4-9H2,1-3H3/t12-,13-/m1/s1. The first-order chi connectivity index (χ1) is 7.92. The molecular formula is C13H27NO3. The van der Waals surface area contributed by atoms with E-state index in [-0.39, 0.29) is 5.92 Å². The van der Waals surface area contributed by atoms with Gasteiger partial charge in [0.15, 0.2) is 0 Å². The summed E-state index contributed by atoms with van der Waals surface area (Å²) >= 11 is 0. The molecule has 2 atom stereocenters. The number of hydrogen-bond acceptors (Lipinski definition) is 4. The molecule has 1 heterocycles. The normalized spacial score (nSPS) is 23.6. The predicted octanol–water partition coefficient (Wildman–Crippen LogP) is 0.913. The lowest BCUT2D eigenvalue weighted by molar-refractivity contribution is -0.0775. The van der Waals surface area contributed by atoms with Crippen molar-refractivity contribution in [1.29, 1.82) is 0 Å². The minimum absolute atomic E-state index is 0.241. The average molecular weight is 245 g/mol. The van der Waals surface area contributed by atoms with Crippen molar-refractivity contribution in [2.75, 3.05) is 19.8 Å². The summed E-state index contributed by atoms with van der Waals surface area (Å²) in [5, 5.41) is 23.5. The van der Waals surface area contributed by atoms with Gasteiger partial charge in [-0.2, -0.15) is 0 Å². The van der Waals surface area contributed by atoms with Crippen LogP contribution >= 0.6 is 0 Å². The minimum atomic E-state index is -0.790. The molecule has 0 aromatic rings. The molecule has 1 rings (SSSR count). The SMILES string of the molecule is CC(C)NC[C@H](O)C[C@@](C)(O)C1CCOCC1. The summed E-state index contributed by atoms with van der Waals surface area (Å²) in [5.41, 5.74) is -0.790. The van der Waals surface area contributed by atoms with Crippen molar-refractivity contribution >= 4 is 0 Å². The lowest BCUT2D eigenvalue weighted by Gasteiger charge is -2.37. The summed E-state index contributed by atoms with van der Waals surface area (Å²) in [6.07, 6.45) is 1.71. The Balaban J connectivity index is 2.35. The molecule has 1 saturated heterocycles. The van der Waals surface area contributed by atoms with Crippen molar-refractivity contribution in [3.63, 3.8) is 0 Å². The van der Waals surface area contributed by atoms with Gasteiger partial charge in [0.05, 0.1) is 11.7 Å². The second kappa shape index (κ2) is 6.69. The van der Waals surface area contributed by atoms with Crippen LogP contribution in [0.1, 0.15) is 40.0 Å². The first-order valence-electron chi connectivity index (χ1n) is 6.63. The van der Waals surface area contributed by atoms with Crippen LogP contribution in [0.2, 0.25) is 0 Å². The number of ether oxygens (including phenoxy) is 1. The molecular weight excluding hydrogens is 218 g/mol. The molecule has 0 spiro atoms. The zero-order valence-corrected chi connectivity index (χ0v) is 11.3. The summed E-state index contributed by atoms with van der Waals surface area (Å²) in [7, 11) is 0. The number of rotatable bonds is 6. The van der Waals surface area contributed by atoms with Crippen LogP contribution in [0.15, 0.2) is 0 Å². The van der Waals surface area contributed by atoms with Crippen LogP contribution in [0.5, 0.6) is 0 Å². The summed E-state index contributed by atoms with van der Waals surface area (Å²) in [6.45, 7) is 7.91. The Morgan fingerprint density at radius 1 is 1.35 bits per heavy atom. The second-order valence-electron chi connectivity index (χ2n) is 5.66. The van der Waals surface area contributed by atoms with E-state index in [1.165, 1.54) is 0 Å². The molecule has 0 amide bonds. The van der Waals surface area contributed by atoms with Crippen molar-refractivity contribution in [2.45, 2.75) is 57.8 Å². The van der Waals surface area contributed by atoms with E-state index in [1.807, 2.05) is 20.8 Å². The van der Waals surface area contributed by atoms with Crippen LogP contribution in [0, 0.1) is 5.92 Å². The Labute approximate surface area is 104 Å². The van der Waals surface area contributed by atoms with Crippen LogP contribution in [-0.2, 0) is 4.74 Å². The fraction of sp³-hybridized carbons (Fsp3) is 1.00. The quantitative estimate of drug-likeness (QED) is 0.651. The zero-order valence-electron chi connectivity index (χ0n) is 11.3. The highest BCUT2D eigenvalue weighted by Crippen LogP contribution is 2.30. The van der Waals surface area contributed by atoms with E-state index in [0.29, 0.717) is 19.0 Å². The molecule has 0 aromatic heterocycles. The van der Waals surface area contributed by atoms with E-state index >= 15 is 0 Å². The van der Waals surface area contributed by atoms with Gasteiger partial charge in [-0.25, -0.2) is 0 Å². The van der Waals surface area contributed by atoms with E-state index < -0.39 is 11.7 Å². The summed E-state index contributed by atoms with van der Waals surface area (Å²) in [6, 6.07) is 0.359. The highest BCUT2D eigenvalue weighted by Gasteiger charge is 2.34. The Bertz CT molecular complexity index is 213. The highest BCUT2D eigenvalue weighted by molar-refractivity contribution is 4.86. The second-order valence-corrected chi connectivity index (χ2v) is 5.66. The van der Waals surface area contributed by atoms with Gasteiger partial charge in [-0.3, -0.25) is 0 Å². The van der Waals surface area contributed by atoms with Crippen molar-refractivity contribution in [1.82, 2.24) is 5.32 Å². The fourth-order valence-corrected chi connectivity index (χ4v) is 2.41. The first-order valence-corrected chi connectivity index (χ1v) is 6.63. The van der Waals surface area contributed by atoms with Crippen LogP contribution in [0.4, 0.5) is 0 Å². The maximum Gasteiger partial charge on any atom is 0.0692 e. The molecule has 0 aromatic carbocycles. The van der Waals surface area contributed by atoms with Crippen molar-refractivity contribution < 1.29 is 14.9 Å². The van der Waals surface area contributed by atoms with Crippen molar-refractivity contribution in [2.24, 2.45) is 5.92 Å². The molecule has 102 valence electrons. The molecule has 0 bridgehead atoms. The molecule has 1 aliphatic rings. The molecule has 0 saturated carbocycles. The van der Waals surface area contributed by atoms with Crippen molar-refractivity contribution in [3.05, 3.63) is 0 Å². The molecule has 17 heavy (non-hydrogen) atoms. The van der Waals surface area contributed by atoms with Gasteiger partial charge < -0.3 is 20.3 Å². The highest BCUT2D eigenvalue weighted by atomic mass is 16.5. The molecule has 1 fully saturated rings. The summed E-state index contributed by atoms with van der Waals surface area (Å²) < 4.78 is 5.29. The summed E-state index contributed by atoms with van der Waals surface area (Å²) in [4.78, 5) is 0. The van der Waals surface area contributed by atoms with Gasteiger partial charge in [0.25, 0.3) is 0 Å². The maximum atomic E-state index is 10.4. The number of aliphatic hydroxyl groups excluding tert-OH is 1. The third-order valence-corrected chi connectivity index (χ3v) is 3.51. The molecule has 0 aliphatic carbocycles. The minimum Gasteiger partial charge on any atom is -0.392 e. The molecule has 0 unspecified atom stereocenters. The van der Waals surface area contributed by atoms with Gasteiger partial charge >= 0.3 is 0 Å². The van der Waals surface area contributed by atoms with Crippen LogP contribution in [0.25, 0.3) is 0 Å². The number of nitrogens with one attached hydrogen (secondary N) is 1. The van der Waals surface area contributed by atoms with E-state index in [4.69, 9.17) is 4.74 Å². The fourth-order valence-electron chi connectivity index (χ4n) is 2.41. The third kappa shape index (κ3) is 5.34. The Morgan fingerprint density at radius 3 is 2.47 bits per heavy atom. The van der Waals surface area contributed by atoms with Crippen LogP contribution < -0.4 is 5.32 Å². The smallest absolute Gasteiger partial charge is 0.0692 e. The number of hydrogen-bond donors (Lipinski definition) is 3. The van der Waals surface area contributed by atoms with Crippen LogP contribution in [0.3, 0.4) is 0 Å². The Morgan fingerprint density at radius 2 is 1.94 bits per heavy atom. The Hall–Kier alpha value is -0.160. The predicted molar refractivity (Wildman–Crippen MR) is 67.9 cm³/mol.